The molecule has 0 aliphatic carbocycles. The largest absolute Gasteiger partial charge is 0.443 e. The van der Waals surface area contributed by atoms with Crippen LogP contribution in [0.1, 0.15) is 73.4 Å². The van der Waals surface area contributed by atoms with Gasteiger partial charge in [-0.15, -0.1) is 0 Å². The van der Waals surface area contributed by atoms with Gasteiger partial charge in [-0.1, -0.05) is 44.0 Å². The van der Waals surface area contributed by atoms with Gasteiger partial charge in [0.25, 0.3) is 11.8 Å². The van der Waals surface area contributed by atoms with Gasteiger partial charge in [-0.05, 0) is 90.8 Å². The van der Waals surface area contributed by atoms with Gasteiger partial charge in [-0.3, -0.25) is 20.4 Å². The molecule has 38 heavy (non-hydrogen) atoms. The summed E-state index contributed by atoms with van der Waals surface area (Å²) in [7, 11) is 0. The van der Waals surface area contributed by atoms with Crippen LogP contribution in [0, 0.1) is 13.8 Å². The van der Waals surface area contributed by atoms with E-state index in [1.807, 2.05) is 26.0 Å². The molecule has 0 aliphatic heterocycles. The first-order valence-corrected chi connectivity index (χ1v) is 13.1. The number of hydrogen-bond acceptors (Lipinski definition) is 6. The molecule has 208 valence electrons. The predicted octanol–water partition coefficient (Wildman–Crippen LogP) is 5.85. The number of ether oxygens (including phenoxy) is 2. The minimum atomic E-state index is -0.702. The van der Waals surface area contributed by atoms with Gasteiger partial charge < -0.3 is 9.47 Å². The van der Waals surface area contributed by atoms with Crippen LogP contribution in [0.4, 0.5) is 9.59 Å². The minimum absolute atomic E-state index is 0.411. The Morgan fingerprint density at radius 3 is 1.18 bits per heavy atom. The lowest BCUT2D eigenvalue weighted by Gasteiger charge is -2.19. The predicted molar refractivity (Wildman–Crippen MR) is 151 cm³/mol. The molecule has 0 radical (unpaired) electrons. The van der Waals surface area contributed by atoms with Crippen LogP contribution < -0.4 is 21.7 Å². The Morgan fingerprint density at radius 1 is 0.605 bits per heavy atom. The van der Waals surface area contributed by atoms with Gasteiger partial charge in [0.2, 0.25) is 0 Å². The highest BCUT2D eigenvalue weighted by Crippen LogP contribution is 2.18. The Kier molecular flexibility index (Phi) is 12.3. The number of carbonyl (C=O) groups excluding carboxylic acids is 4. The van der Waals surface area contributed by atoms with Gasteiger partial charge in [0.15, 0.2) is 0 Å². The van der Waals surface area contributed by atoms with E-state index in [0.717, 1.165) is 20.1 Å². The summed E-state index contributed by atoms with van der Waals surface area (Å²) >= 11 is 6.68. The number of hydrogen-bond donors (Lipinski definition) is 4. The number of aryl methyl sites for hydroxylation is 2. The number of hydrazine groups is 2. The third-order valence-corrected chi connectivity index (χ3v) is 5.93. The first kappa shape index (κ1) is 32.9. The molecule has 0 saturated heterocycles. The van der Waals surface area contributed by atoms with Crippen molar-refractivity contribution in [3.8, 4) is 0 Å². The first-order chi connectivity index (χ1) is 17.4. The van der Waals surface area contributed by atoms with E-state index in [0.29, 0.717) is 11.1 Å². The van der Waals surface area contributed by atoms with Gasteiger partial charge in [-0.2, -0.15) is 0 Å². The molecular weight excluding hydrogens is 624 g/mol. The van der Waals surface area contributed by atoms with Crippen molar-refractivity contribution in [3.05, 3.63) is 67.6 Å². The molecule has 0 saturated carbocycles. The number of rotatable bonds is 2. The number of nitrogens with one attached hydrogen (secondary N) is 4. The lowest BCUT2D eigenvalue weighted by Crippen LogP contribution is -2.44. The van der Waals surface area contributed by atoms with Gasteiger partial charge in [0, 0.05) is 20.1 Å². The van der Waals surface area contributed by atoms with E-state index in [9.17, 15) is 19.2 Å². The van der Waals surface area contributed by atoms with Crippen LogP contribution in [-0.2, 0) is 9.47 Å². The number of amides is 4. The molecule has 12 heteroatoms. The highest BCUT2D eigenvalue weighted by Gasteiger charge is 2.18. The van der Waals surface area contributed by atoms with Crippen LogP contribution in [0.25, 0.3) is 0 Å². The molecule has 0 aromatic heterocycles. The zero-order valence-corrected chi connectivity index (χ0v) is 25.8. The van der Waals surface area contributed by atoms with E-state index < -0.39 is 35.2 Å². The van der Waals surface area contributed by atoms with Crippen LogP contribution in [0.2, 0.25) is 0 Å². The van der Waals surface area contributed by atoms with Gasteiger partial charge in [0.05, 0.1) is 0 Å². The van der Waals surface area contributed by atoms with Gasteiger partial charge in [0.1, 0.15) is 11.2 Å². The zero-order chi connectivity index (χ0) is 29.3. The molecular formula is C26H34Br2N4O6. The Balaban J connectivity index is 0.000000380. The summed E-state index contributed by atoms with van der Waals surface area (Å²) in [6, 6.07) is 10.3. The maximum absolute atomic E-state index is 11.8. The fourth-order valence-corrected chi connectivity index (χ4v) is 3.19. The fraction of sp³-hybridized carbons (Fsp3) is 0.385. The first-order valence-electron chi connectivity index (χ1n) is 11.5. The summed E-state index contributed by atoms with van der Waals surface area (Å²) in [6.45, 7) is 14.3. The molecule has 0 atom stereocenters. The second-order valence-corrected chi connectivity index (χ2v) is 11.8. The molecule has 0 bridgehead atoms. The topological polar surface area (TPSA) is 135 Å². The monoisotopic (exact) mass is 656 g/mol. The van der Waals surface area contributed by atoms with Crippen molar-refractivity contribution in [2.45, 2.75) is 66.6 Å². The molecule has 10 nitrogen and oxygen atoms in total. The van der Waals surface area contributed by atoms with E-state index >= 15 is 0 Å². The summed E-state index contributed by atoms with van der Waals surface area (Å²) in [4.78, 5) is 46.3. The maximum Gasteiger partial charge on any atom is 0.426 e. The third kappa shape index (κ3) is 12.9. The van der Waals surface area contributed by atoms with E-state index in [1.54, 1.807) is 65.8 Å². The van der Waals surface area contributed by atoms with Gasteiger partial charge in [-0.25, -0.2) is 20.4 Å². The summed E-state index contributed by atoms with van der Waals surface area (Å²) < 4.78 is 11.6. The van der Waals surface area contributed by atoms with Crippen LogP contribution >= 0.6 is 31.9 Å². The Hall–Kier alpha value is -3.12. The summed E-state index contributed by atoms with van der Waals surface area (Å²) in [6.07, 6.45) is -1.40. The normalized spacial score (nSPS) is 10.8. The molecule has 0 heterocycles. The highest BCUT2D eigenvalue weighted by molar-refractivity contribution is 9.10. The lowest BCUT2D eigenvalue weighted by molar-refractivity contribution is 0.0477. The van der Waals surface area contributed by atoms with E-state index in [2.05, 4.69) is 53.6 Å². The average molecular weight is 658 g/mol. The Labute approximate surface area is 239 Å². The van der Waals surface area contributed by atoms with Crippen molar-refractivity contribution in [2.75, 3.05) is 0 Å². The van der Waals surface area contributed by atoms with E-state index in [4.69, 9.17) is 9.47 Å². The average Bonchev–Trinajstić information content (AvgIpc) is 2.77. The van der Waals surface area contributed by atoms with Crippen LogP contribution in [0.15, 0.2) is 45.3 Å². The van der Waals surface area contributed by atoms with Crippen molar-refractivity contribution >= 4 is 55.9 Å². The quantitative estimate of drug-likeness (QED) is 0.299. The summed E-state index contributed by atoms with van der Waals surface area (Å²) in [5.41, 5.74) is 10.7. The van der Waals surface area contributed by atoms with Crippen molar-refractivity contribution in [1.29, 1.82) is 0 Å². The molecule has 2 rings (SSSR count). The maximum atomic E-state index is 11.8. The molecule has 0 fully saturated rings. The van der Waals surface area contributed by atoms with Crippen molar-refractivity contribution in [2.24, 2.45) is 0 Å². The third-order valence-electron chi connectivity index (χ3n) is 4.22. The van der Waals surface area contributed by atoms with E-state index in [1.165, 1.54) is 0 Å². The highest BCUT2D eigenvalue weighted by atomic mass is 79.9. The van der Waals surface area contributed by atoms with Crippen molar-refractivity contribution in [3.63, 3.8) is 0 Å². The molecule has 2 aromatic carbocycles. The molecule has 0 unspecified atom stereocenters. The van der Waals surface area contributed by atoms with Crippen LogP contribution in [0.3, 0.4) is 0 Å². The van der Waals surface area contributed by atoms with Crippen LogP contribution in [-0.4, -0.2) is 35.2 Å². The lowest BCUT2D eigenvalue weighted by atomic mass is 10.1. The fourth-order valence-electron chi connectivity index (χ4n) is 2.44. The molecule has 2 aromatic rings. The van der Waals surface area contributed by atoms with E-state index in [-0.39, 0.29) is 0 Å². The SMILES string of the molecule is Cc1ccc(C(=O)NNC(=O)OC(C)(C)C)cc1Br.Cc1ccc(C(=O)NNC(=O)OC(C)(C)C)cc1Br. The summed E-state index contributed by atoms with van der Waals surface area (Å²) in [5.74, 6) is -0.821. The standard InChI is InChI=1S/2C13H17BrN2O3/c2*1-8-5-6-9(7-10(8)14)11(17)15-16-12(18)19-13(2,3)4/h2*5-7H,1-4H3,(H,15,17)(H,16,18). The Morgan fingerprint density at radius 2 is 0.921 bits per heavy atom. The van der Waals surface area contributed by atoms with Crippen molar-refractivity contribution in [1.82, 2.24) is 21.7 Å². The molecule has 4 amide bonds. The zero-order valence-electron chi connectivity index (χ0n) is 22.7. The molecule has 0 spiro atoms. The van der Waals surface area contributed by atoms with Crippen LogP contribution in [0.5, 0.6) is 0 Å². The van der Waals surface area contributed by atoms with Gasteiger partial charge >= 0.3 is 12.2 Å². The summed E-state index contributed by atoms with van der Waals surface area (Å²) in [5, 5.41) is 0. The number of halogens is 2. The molecule has 4 N–H and O–H groups in total. The second kappa shape index (κ2) is 14.1. The second-order valence-electron chi connectivity index (χ2n) is 10.1. The minimum Gasteiger partial charge on any atom is -0.443 e. The smallest absolute Gasteiger partial charge is 0.426 e. The number of benzene rings is 2. The molecule has 0 aliphatic rings. The Bertz CT molecular complexity index is 1080. The van der Waals surface area contributed by atoms with Crippen molar-refractivity contribution < 1.29 is 28.7 Å². The number of carbonyl (C=O) groups is 4.